The molecule has 0 aromatic heterocycles. The zero-order valence-electron chi connectivity index (χ0n) is 16.2. The van der Waals surface area contributed by atoms with Gasteiger partial charge in [0, 0.05) is 31.7 Å². The first-order chi connectivity index (χ1) is 14.5. The van der Waals surface area contributed by atoms with Gasteiger partial charge in [-0.15, -0.1) is 0 Å². The molecule has 3 aromatic rings. The van der Waals surface area contributed by atoms with Crippen LogP contribution in [0.25, 0.3) is 11.1 Å². The summed E-state index contributed by atoms with van der Waals surface area (Å²) in [5, 5.41) is 0. The van der Waals surface area contributed by atoms with E-state index in [9.17, 15) is 17.6 Å². The van der Waals surface area contributed by atoms with Crippen molar-refractivity contribution in [1.82, 2.24) is 9.21 Å². The third-order valence-electron chi connectivity index (χ3n) is 5.22. The van der Waals surface area contributed by atoms with Crippen LogP contribution in [0.5, 0.6) is 0 Å². The van der Waals surface area contributed by atoms with Gasteiger partial charge in [-0.1, -0.05) is 48.5 Å². The van der Waals surface area contributed by atoms with E-state index in [1.54, 1.807) is 11.0 Å². The lowest BCUT2D eigenvalue weighted by Gasteiger charge is -2.34. The van der Waals surface area contributed by atoms with Gasteiger partial charge in [-0.3, -0.25) is 4.79 Å². The second-order valence-corrected chi connectivity index (χ2v) is 9.00. The molecule has 0 atom stereocenters. The van der Waals surface area contributed by atoms with Crippen molar-refractivity contribution in [1.29, 1.82) is 0 Å². The summed E-state index contributed by atoms with van der Waals surface area (Å²) >= 11 is 0. The lowest BCUT2D eigenvalue weighted by atomic mass is 9.99. The predicted molar refractivity (Wildman–Crippen MR) is 113 cm³/mol. The van der Waals surface area contributed by atoms with Gasteiger partial charge in [0.05, 0.1) is 4.90 Å². The average Bonchev–Trinajstić information content (AvgIpc) is 2.79. The van der Waals surface area contributed by atoms with Crippen molar-refractivity contribution >= 4 is 15.9 Å². The van der Waals surface area contributed by atoms with Gasteiger partial charge in [0.2, 0.25) is 10.0 Å². The number of sulfonamides is 1. The molecule has 1 aliphatic rings. The van der Waals surface area contributed by atoms with E-state index in [1.807, 2.05) is 48.5 Å². The highest BCUT2D eigenvalue weighted by atomic mass is 32.2. The molecular formula is C23H21FN2O3S. The van der Waals surface area contributed by atoms with E-state index >= 15 is 0 Å². The molecule has 0 N–H and O–H groups in total. The number of hydrogen-bond acceptors (Lipinski definition) is 3. The van der Waals surface area contributed by atoms with Crippen molar-refractivity contribution in [3.05, 3.63) is 90.2 Å². The second kappa shape index (κ2) is 8.38. The molecule has 0 aliphatic carbocycles. The second-order valence-electron chi connectivity index (χ2n) is 7.06. The highest BCUT2D eigenvalue weighted by molar-refractivity contribution is 7.89. The standard InChI is InChI=1S/C23H21FN2O3S/c24-19-10-12-20(13-11-19)30(28,29)26-16-14-25(15-17-26)23(27)22-9-5-4-8-21(22)18-6-2-1-3-7-18/h1-13H,14-17H2. The maximum absolute atomic E-state index is 13.2. The topological polar surface area (TPSA) is 57.7 Å². The fourth-order valence-corrected chi connectivity index (χ4v) is 5.02. The van der Waals surface area contributed by atoms with E-state index in [0.29, 0.717) is 18.7 Å². The van der Waals surface area contributed by atoms with Crippen molar-refractivity contribution in [2.24, 2.45) is 0 Å². The summed E-state index contributed by atoms with van der Waals surface area (Å²) < 4.78 is 40.0. The van der Waals surface area contributed by atoms with Crippen LogP contribution in [0.1, 0.15) is 10.4 Å². The molecule has 0 spiro atoms. The predicted octanol–water partition coefficient (Wildman–Crippen LogP) is 3.64. The van der Waals surface area contributed by atoms with Crippen LogP contribution in [0.4, 0.5) is 4.39 Å². The Kier molecular flexibility index (Phi) is 5.65. The van der Waals surface area contributed by atoms with Crippen LogP contribution in [0, 0.1) is 5.82 Å². The number of piperazine rings is 1. The molecule has 0 bridgehead atoms. The van der Waals surface area contributed by atoms with Crippen LogP contribution in [-0.4, -0.2) is 49.7 Å². The molecule has 1 aliphatic heterocycles. The van der Waals surface area contributed by atoms with Gasteiger partial charge in [0.25, 0.3) is 5.91 Å². The molecule has 7 heteroatoms. The van der Waals surface area contributed by atoms with Crippen molar-refractivity contribution in [2.75, 3.05) is 26.2 Å². The molecular weight excluding hydrogens is 403 g/mol. The first-order valence-electron chi connectivity index (χ1n) is 9.66. The number of nitrogens with zero attached hydrogens (tertiary/aromatic N) is 2. The first-order valence-corrected chi connectivity index (χ1v) is 11.1. The smallest absolute Gasteiger partial charge is 0.254 e. The lowest BCUT2D eigenvalue weighted by molar-refractivity contribution is 0.0698. The summed E-state index contributed by atoms with van der Waals surface area (Å²) in [6.07, 6.45) is 0. The number of carbonyl (C=O) groups excluding carboxylic acids is 1. The minimum atomic E-state index is -3.72. The Morgan fingerprint density at radius 2 is 1.37 bits per heavy atom. The van der Waals surface area contributed by atoms with Crippen molar-refractivity contribution < 1.29 is 17.6 Å². The Morgan fingerprint density at radius 3 is 2.03 bits per heavy atom. The van der Waals surface area contributed by atoms with Crippen LogP contribution in [-0.2, 0) is 10.0 Å². The molecule has 4 rings (SSSR count). The fourth-order valence-electron chi connectivity index (χ4n) is 3.60. The van der Waals surface area contributed by atoms with Gasteiger partial charge >= 0.3 is 0 Å². The maximum atomic E-state index is 13.2. The van der Waals surface area contributed by atoms with Crippen LogP contribution in [0.15, 0.2) is 83.8 Å². The Balaban J connectivity index is 1.50. The number of carbonyl (C=O) groups is 1. The number of benzene rings is 3. The van der Waals surface area contributed by atoms with Crippen LogP contribution in [0.3, 0.4) is 0 Å². The molecule has 5 nitrogen and oxygen atoms in total. The Morgan fingerprint density at radius 1 is 0.767 bits per heavy atom. The summed E-state index contributed by atoms with van der Waals surface area (Å²) in [5.41, 5.74) is 2.40. The van der Waals surface area contributed by atoms with Gasteiger partial charge in [0.15, 0.2) is 0 Å². The first kappa shape index (κ1) is 20.3. The summed E-state index contributed by atoms with van der Waals surface area (Å²) in [6.45, 7) is 0.975. The van der Waals surface area contributed by atoms with E-state index in [1.165, 1.54) is 16.4 Å². The van der Waals surface area contributed by atoms with Gasteiger partial charge in [0.1, 0.15) is 5.82 Å². The summed E-state index contributed by atoms with van der Waals surface area (Å²) in [4.78, 5) is 14.9. The summed E-state index contributed by atoms with van der Waals surface area (Å²) in [6, 6.07) is 21.9. The van der Waals surface area contributed by atoms with Crippen molar-refractivity contribution in [2.45, 2.75) is 4.90 Å². The third kappa shape index (κ3) is 3.99. The summed E-state index contributed by atoms with van der Waals surface area (Å²) in [5.74, 6) is -0.602. The Hall–Kier alpha value is -3.03. The monoisotopic (exact) mass is 424 g/mol. The van der Waals surface area contributed by atoms with Gasteiger partial charge in [-0.25, -0.2) is 12.8 Å². The van der Waals surface area contributed by atoms with E-state index in [0.717, 1.165) is 23.3 Å². The van der Waals surface area contributed by atoms with E-state index in [-0.39, 0.29) is 23.9 Å². The lowest BCUT2D eigenvalue weighted by Crippen LogP contribution is -2.50. The molecule has 154 valence electrons. The molecule has 1 fully saturated rings. The Labute approximate surface area is 175 Å². The number of amides is 1. The summed E-state index contributed by atoms with van der Waals surface area (Å²) in [7, 11) is -3.72. The fraction of sp³-hybridized carbons (Fsp3) is 0.174. The molecule has 1 heterocycles. The van der Waals surface area contributed by atoms with E-state index in [4.69, 9.17) is 0 Å². The van der Waals surface area contributed by atoms with Crippen LogP contribution >= 0.6 is 0 Å². The average molecular weight is 424 g/mol. The van der Waals surface area contributed by atoms with E-state index in [2.05, 4.69) is 0 Å². The SMILES string of the molecule is O=C(c1ccccc1-c1ccccc1)N1CCN(S(=O)(=O)c2ccc(F)cc2)CC1. The zero-order valence-corrected chi connectivity index (χ0v) is 17.1. The van der Waals surface area contributed by atoms with E-state index < -0.39 is 15.8 Å². The number of rotatable bonds is 4. The number of hydrogen-bond donors (Lipinski definition) is 0. The molecule has 0 saturated carbocycles. The minimum Gasteiger partial charge on any atom is -0.336 e. The number of halogens is 1. The molecule has 30 heavy (non-hydrogen) atoms. The van der Waals surface area contributed by atoms with Crippen LogP contribution < -0.4 is 0 Å². The molecule has 0 radical (unpaired) electrons. The zero-order chi connectivity index (χ0) is 21.1. The largest absolute Gasteiger partial charge is 0.336 e. The highest BCUT2D eigenvalue weighted by Crippen LogP contribution is 2.25. The Bertz CT molecular complexity index is 1140. The third-order valence-corrected chi connectivity index (χ3v) is 7.13. The highest BCUT2D eigenvalue weighted by Gasteiger charge is 2.31. The van der Waals surface area contributed by atoms with Gasteiger partial charge in [-0.05, 0) is 41.5 Å². The van der Waals surface area contributed by atoms with Crippen LogP contribution in [0.2, 0.25) is 0 Å². The normalized spacial score (nSPS) is 15.2. The molecule has 1 saturated heterocycles. The molecule has 3 aromatic carbocycles. The van der Waals surface area contributed by atoms with Crippen molar-refractivity contribution in [3.8, 4) is 11.1 Å². The molecule has 1 amide bonds. The molecule has 0 unspecified atom stereocenters. The maximum Gasteiger partial charge on any atom is 0.254 e. The quantitative estimate of drug-likeness (QED) is 0.643. The van der Waals surface area contributed by atoms with Crippen molar-refractivity contribution in [3.63, 3.8) is 0 Å². The minimum absolute atomic E-state index is 0.0538. The van der Waals surface area contributed by atoms with Gasteiger partial charge < -0.3 is 4.90 Å². The van der Waals surface area contributed by atoms with Gasteiger partial charge in [-0.2, -0.15) is 4.31 Å².